The maximum atomic E-state index is 12.3. The summed E-state index contributed by atoms with van der Waals surface area (Å²) in [5.74, 6) is -0.544. The summed E-state index contributed by atoms with van der Waals surface area (Å²) in [4.78, 5) is 38.0. The third kappa shape index (κ3) is 4.01. The fourth-order valence-electron chi connectivity index (χ4n) is 3.47. The standard InChI is InChI=1S/C25H21NO4/c1-17-8-10-18(11-9-17)19-12-14-20(15-13-19)30-23(27)7-4-16-26-24(28)21-5-2-3-6-22(21)25(26)29/h2-3,5-6,8-15H,4,7,16H2,1H3. The topological polar surface area (TPSA) is 63.7 Å². The Morgan fingerprint density at radius 3 is 1.90 bits per heavy atom. The van der Waals surface area contributed by atoms with Crippen LogP contribution in [-0.2, 0) is 4.79 Å². The monoisotopic (exact) mass is 399 g/mol. The van der Waals surface area contributed by atoms with Crippen molar-refractivity contribution in [3.05, 3.63) is 89.5 Å². The molecule has 30 heavy (non-hydrogen) atoms. The van der Waals surface area contributed by atoms with Gasteiger partial charge < -0.3 is 4.74 Å². The summed E-state index contributed by atoms with van der Waals surface area (Å²) in [5.41, 5.74) is 4.17. The normalized spacial score (nSPS) is 12.8. The predicted molar refractivity (Wildman–Crippen MR) is 113 cm³/mol. The number of aryl methyl sites for hydroxylation is 1. The van der Waals surface area contributed by atoms with E-state index >= 15 is 0 Å². The molecular formula is C25H21NO4. The van der Waals surface area contributed by atoms with Crippen LogP contribution in [0.2, 0.25) is 0 Å². The van der Waals surface area contributed by atoms with Gasteiger partial charge in [0.05, 0.1) is 11.1 Å². The van der Waals surface area contributed by atoms with Crippen LogP contribution in [0.1, 0.15) is 39.1 Å². The minimum Gasteiger partial charge on any atom is -0.427 e. The van der Waals surface area contributed by atoms with Gasteiger partial charge in [0.2, 0.25) is 0 Å². The van der Waals surface area contributed by atoms with Crippen molar-refractivity contribution in [2.75, 3.05) is 6.54 Å². The Hall–Kier alpha value is -3.73. The van der Waals surface area contributed by atoms with E-state index in [4.69, 9.17) is 4.74 Å². The van der Waals surface area contributed by atoms with Crippen LogP contribution in [0.15, 0.2) is 72.8 Å². The van der Waals surface area contributed by atoms with Crippen molar-refractivity contribution in [2.45, 2.75) is 19.8 Å². The number of fused-ring (bicyclic) bond motifs is 1. The number of hydrogen-bond acceptors (Lipinski definition) is 4. The molecule has 0 fully saturated rings. The number of hydrogen-bond donors (Lipinski definition) is 0. The maximum Gasteiger partial charge on any atom is 0.311 e. The number of ether oxygens (including phenoxy) is 1. The summed E-state index contributed by atoms with van der Waals surface area (Å²) in [7, 11) is 0. The van der Waals surface area contributed by atoms with Crippen LogP contribution in [-0.4, -0.2) is 29.2 Å². The molecule has 0 bridgehead atoms. The van der Waals surface area contributed by atoms with Gasteiger partial charge in [-0.2, -0.15) is 0 Å². The molecule has 0 spiro atoms. The zero-order valence-corrected chi connectivity index (χ0v) is 16.6. The third-order valence-electron chi connectivity index (χ3n) is 5.11. The Kier molecular flexibility index (Phi) is 5.44. The van der Waals surface area contributed by atoms with Crippen LogP contribution in [0.4, 0.5) is 0 Å². The van der Waals surface area contributed by atoms with Gasteiger partial charge in [-0.05, 0) is 48.7 Å². The van der Waals surface area contributed by atoms with Crippen LogP contribution in [0.5, 0.6) is 5.75 Å². The number of imide groups is 1. The van der Waals surface area contributed by atoms with Gasteiger partial charge >= 0.3 is 5.97 Å². The summed E-state index contributed by atoms with van der Waals surface area (Å²) in [5, 5.41) is 0. The highest BCUT2D eigenvalue weighted by Gasteiger charge is 2.34. The molecule has 3 aromatic carbocycles. The number of esters is 1. The fourth-order valence-corrected chi connectivity index (χ4v) is 3.47. The number of carbonyl (C=O) groups excluding carboxylic acids is 3. The van der Waals surface area contributed by atoms with Crippen molar-refractivity contribution in [1.82, 2.24) is 4.90 Å². The lowest BCUT2D eigenvalue weighted by atomic mass is 10.0. The van der Waals surface area contributed by atoms with E-state index in [0.29, 0.717) is 23.3 Å². The van der Waals surface area contributed by atoms with E-state index in [9.17, 15) is 14.4 Å². The van der Waals surface area contributed by atoms with Crippen molar-refractivity contribution in [1.29, 1.82) is 0 Å². The first kappa shape index (κ1) is 19.6. The molecule has 0 aromatic heterocycles. The Morgan fingerprint density at radius 1 is 0.800 bits per heavy atom. The molecule has 2 amide bonds. The summed E-state index contributed by atoms with van der Waals surface area (Å²) in [6, 6.07) is 22.3. The number of nitrogens with zero attached hydrogens (tertiary/aromatic N) is 1. The smallest absolute Gasteiger partial charge is 0.311 e. The van der Waals surface area contributed by atoms with E-state index in [2.05, 4.69) is 24.3 Å². The van der Waals surface area contributed by atoms with Gasteiger partial charge in [0.15, 0.2) is 0 Å². The molecule has 1 aliphatic rings. The molecule has 5 heteroatoms. The van der Waals surface area contributed by atoms with E-state index in [1.807, 2.05) is 19.1 Å². The molecular weight excluding hydrogens is 378 g/mol. The predicted octanol–water partition coefficient (Wildman–Crippen LogP) is 4.64. The first-order chi connectivity index (χ1) is 14.5. The number of rotatable bonds is 6. The largest absolute Gasteiger partial charge is 0.427 e. The lowest BCUT2D eigenvalue weighted by Gasteiger charge is -2.13. The van der Waals surface area contributed by atoms with Gasteiger partial charge in [0, 0.05) is 13.0 Å². The van der Waals surface area contributed by atoms with Gasteiger partial charge in [0.1, 0.15) is 5.75 Å². The molecule has 0 atom stereocenters. The Labute approximate surface area is 174 Å². The number of carbonyl (C=O) groups is 3. The van der Waals surface area contributed by atoms with Gasteiger partial charge in [-0.3, -0.25) is 19.3 Å². The Bertz CT molecular complexity index is 1070. The van der Waals surface area contributed by atoms with Crippen molar-refractivity contribution in [3.8, 4) is 16.9 Å². The highest BCUT2D eigenvalue weighted by atomic mass is 16.5. The molecule has 1 heterocycles. The number of amides is 2. The second kappa shape index (κ2) is 8.33. The van der Waals surface area contributed by atoms with E-state index in [-0.39, 0.29) is 24.8 Å². The number of benzene rings is 3. The quantitative estimate of drug-likeness (QED) is 0.344. The van der Waals surface area contributed by atoms with Gasteiger partial charge in [-0.15, -0.1) is 0 Å². The van der Waals surface area contributed by atoms with Crippen molar-refractivity contribution in [2.24, 2.45) is 0 Å². The van der Waals surface area contributed by atoms with Crippen molar-refractivity contribution < 1.29 is 19.1 Å². The highest BCUT2D eigenvalue weighted by Crippen LogP contribution is 2.24. The molecule has 1 aliphatic heterocycles. The van der Waals surface area contributed by atoms with E-state index in [1.165, 1.54) is 10.5 Å². The zero-order chi connectivity index (χ0) is 21.1. The molecule has 5 nitrogen and oxygen atoms in total. The second-order valence-corrected chi connectivity index (χ2v) is 7.28. The van der Waals surface area contributed by atoms with E-state index < -0.39 is 5.97 Å². The average Bonchev–Trinajstić information content (AvgIpc) is 3.00. The van der Waals surface area contributed by atoms with Crippen LogP contribution in [0.3, 0.4) is 0 Å². The minimum atomic E-state index is -0.394. The van der Waals surface area contributed by atoms with Gasteiger partial charge in [-0.25, -0.2) is 0 Å². The fraction of sp³-hybridized carbons (Fsp3) is 0.160. The second-order valence-electron chi connectivity index (χ2n) is 7.28. The summed E-state index contributed by atoms with van der Waals surface area (Å²) >= 11 is 0. The highest BCUT2D eigenvalue weighted by molar-refractivity contribution is 6.21. The molecule has 0 N–H and O–H groups in total. The molecule has 4 rings (SSSR count). The lowest BCUT2D eigenvalue weighted by Crippen LogP contribution is -2.31. The summed E-state index contributed by atoms with van der Waals surface area (Å²) in [6.07, 6.45) is 0.471. The average molecular weight is 399 g/mol. The molecule has 0 saturated heterocycles. The Morgan fingerprint density at radius 2 is 1.33 bits per heavy atom. The molecule has 3 aromatic rings. The van der Waals surface area contributed by atoms with Crippen LogP contribution < -0.4 is 4.74 Å². The first-order valence-corrected chi connectivity index (χ1v) is 9.86. The van der Waals surface area contributed by atoms with E-state index in [0.717, 1.165) is 11.1 Å². The zero-order valence-electron chi connectivity index (χ0n) is 16.6. The van der Waals surface area contributed by atoms with Crippen LogP contribution >= 0.6 is 0 Å². The third-order valence-corrected chi connectivity index (χ3v) is 5.11. The van der Waals surface area contributed by atoms with Crippen LogP contribution in [0, 0.1) is 6.92 Å². The Balaban J connectivity index is 1.29. The maximum absolute atomic E-state index is 12.3. The molecule has 0 radical (unpaired) electrons. The summed E-state index contributed by atoms with van der Waals surface area (Å²) in [6.45, 7) is 2.23. The molecule has 0 aliphatic carbocycles. The van der Waals surface area contributed by atoms with Crippen LogP contribution in [0.25, 0.3) is 11.1 Å². The lowest BCUT2D eigenvalue weighted by molar-refractivity contribution is -0.134. The SMILES string of the molecule is Cc1ccc(-c2ccc(OC(=O)CCCN3C(=O)c4ccccc4C3=O)cc2)cc1. The van der Waals surface area contributed by atoms with Crippen molar-refractivity contribution in [3.63, 3.8) is 0 Å². The van der Waals surface area contributed by atoms with Gasteiger partial charge in [0.25, 0.3) is 11.8 Å². The van der Waals surface area contributed by atoms with Crippen molar-refractivity contribution >= 4 is 17.8 Å². The van der Waals surface area contributed by atoms with E-state index in [1.54, 1.807) is 36.4 Å². The van der Waals surface area contributed by atoms with Gasteiger partial charge in [-0.1, -0.05) is 54.1 Å². The summed E-state index contributed by atoms with van der Waals surface area (Å²) < 4.78 is 5.38. The minimum absolute atomic E-state index is 0.118. The molecule has 150 valence electrons. The first-order valence-electron chi connectivity index (χ1n) is 9.86. The molecule has 0 unspecified atom stereocenters. The molecule has 0 saturated carbocycles.